The summed E-state index contributed by atoms with van der Waals surface area (Å²) in [5, 5.41) is 4.27. The van der Waals surface area contributed by atoms with Crippen LogP contribution in [-0.4, -0.2) is 24.7 Å². The second-order valence-electron chi connectivity index (χ2n) is 7.78. The molecule has 0 aliphatic carbocycles. The van der Waals surface area contributed by atoms with E-state index < -0.39 is 13.0 Å². The van der Waals surface area contributed by atoms with Crippen LogP contribution in [0.3, 0.4) is 0 Å². The molecule has 1 heterocycles. The van der Waals surface area contributed by atoms with Crippen molar-refractivity contribution in [1.29, 1.82) is 0 Å². The zero-order valence-corrected chi connectivity index (χ0v) is 20.1. The van der Waals surface area contributed by atoms with Gasteiger partial charge in [-0.1, -0.05) is 54.6 Å². The third kappa shape index (κ3) is 4.91. The smallest absolute Gasteiger partial charge is 0.163 e. The summed E-state index contributed by atoms with van der Waals surface area (Å²) in [4.78, 5) is 0. The van der Waals surface area contributed by atoms with Gasteiger partial charge in [0, 0.05) is 6.42 Å². The molecule has 29 heavy (non-hydrogen) atoms. The summed E-state index contributed by atoms with van der Waals surface area (Å²) in [6.45, 7) is 4.67. The van der Waals surface area contributed by atoms with Crippen molar-refractivity contribution < 1.29 is 33.5 Å². The first-order valence-corrected chi connectivity index (χ1v) is 11.9. The number of hydrogen-bond acceptors (Lipinski definition) is 2. The largest absolute Gasteiger partial charge is 1.00 e. The predicted molar refractivity (Wildman–Crippen MR) is 120 cm³/mol. The second kappa shape index (κ2) is 9.70. The first kappa shape index (κ1) is 22.4. The molecule has 1 unspecified atom stereocenters. The molecule has 0 N–H and O–H groups in total. The Labute approximate surface area is 192 Å². The van der Waals surface area contributed by atoms with Crippen molar-refractivity contribution in [3.63, 3.8) is 0 Å². The molecule has 4 heteroatoms. The minimum atomic E-state index is -1.78. The maximum absolute atomic E-state index is 6.15. The molecule has 3 aromatic carbocycles. The van der Waals surface area contributed by atoms with E-state index in [4.69, 9.17) is 9.47 Å². The van der Waals surface area contributed by atoms with Gasteiger partial charge in [0.1, 0.15) is 23.2 Å². The van der Waals surface area contributed by atoms with Crippen LogP contribution >= 0.6 is 7.26 Å². The topological polar surface area (TPSA) is 18.5 Å². The Morgan fingerprint density at radius 2 is 1.17 bits per heavy atom. The Hall–Kier alpha value is -1.26. The van der Waals surface area contributed by atoms with E-state index in [-0.39, 0.29) is 30.1 Å². The number of ether oxygens (including phenoxy) is 2. The van der Waals surface area contributed by atoms with E-state index in [9.17, 15) is 0 Å². The lowest BCUT2D eigenvalue weighted by Crippen LogP contribution is -3.00. The van der Waals surface area contributed by atoms with Gasteiger partial charge in [0.05, 0.1) is 18.9 Å². The summed E-state index contributed by atoms with van der Waals surface area (Å²) in [6.07, 6.45) is 2.19. The van der Waals surface area contributed by atoms with Crippen molar-refractivity contribution in [2.75, 3.05) is 12.8 Å². The van der Waals surface area contributed by atoms with E-state index in [1.165, 1.54) is 15.9 Å². The van der Waals surface area contributed by atoms with Gasteiger partial charge >= 0.3 is 0 Å². The van der Waals surface area contributed by atoms with Crippen molar-refractivity contribution in [2.24, 2.45) is 0 Å². The number of benzene rings is 3. The Bertz CT molecular complexity index is 788. The van der Waals surface area contributed by atoms with Gasteiger partial charge in [-0.15, -0.1) is 0 Å². The Morgan fingerprint density at radius 3 is 1.52 bits per heavy atom. The van der Waals surface area contributed by atoms with Crippen LogP contribution in [0, 0.1) is 0 Å². The van der Waals surface area contributed by atoms with Crippen molar-refractivity contribution >= 4 is 23.2 Å². The van der Waals surface area contributed by atoms with E-state index in [0.717, 1.165) is 12.6 Å². The Balaban J connectivity index is 0.00000240. The van der Waals surface area contributed by atoms with E-state index in [0.29, 0.717) is 6.61 Å². The highest BCUT2D eigenvalue weighted by molar-refractivity contribution is 7.95. The first-order valence-electron chi connectivity index (χ1n) is 9.97. The van der Waals surface area contributed by atoms with Gasteiger partial charge in [0.25, 0.3) is 0 Å². The monoisotopic (exact) mass is 518 g/mol. The van der Waals surface area contributed by atoms with Crippen LogP contribution in [0.15, 0.2) is 91.0 Å². The zero-order chi connectivity index (χ0) is 19.5. The lowest BCUT2D eigenvalue weighted by Gasteiger charge is -2.28. The minimum absolute atomic E-state index is 0. The van der Waals surface area contributed by atoms with Crippen LogP contribution in [0.4, 0.5) is 0 Å². The summed E-state index contributed by atoms with van der Waals surface area (Å²) in [6, 6.07) is 33.0. The summed E-state index contributed by atoms with van der Waals surface area (Å²) in [5.74, 6) is -0.474. The van der Waals surface area contributed by atoms with Crippen molar-refractivity contribution in [1.82, 2.24) is 0 Å². The van der Waals surface area contributed by atoms with Crippen LogP contribution in [0.25, 0.3) is 0 Å². The second-order valence-corrected chi connectivity index (χ2v) is 11.4. The molecule has 1 aliphatic rings. The van der Waals surface area contributed by atoms with E-state index in [2.05, 4.69) is 91.0 Å². The highest BCUT2D eigenvalue weighted by atomic mass is 127. The molecule has 1 saturated heterocycles. The van der Waals surface area contributed by atoms with Crippen molar-refractivity contribution in [2.45, 2.75) is 32.2 Å². The third-order valence-corrected chi connectivity index (χ3v) is 9.91. The van der Waals surface area contributed by atoms with Gasteiger partial charge in [-0.05, 0) is 50.2 Å². The van der Waals surface area contributed by atoms with E-state index in [1.54, 1.807) is 0 Å². The molecule has 152 valence electrons. The number of hydrogen-bond donors (Lipinski definition) is 0. The van der Waals surface area contributed by atoms with Crippen molar-refractivity contribution in [3.05, 3.63) is 91.0 Å². The molecule has 4 rings (SSSR count). The normalized spacial score (nSPS) is 18.2. The summed E-state index contributed by atoms with van der Waals surface area (Å²) >= 11 is 0. The number of halogens is 1. The third-order valence-electron chi connectivity index (χ3n) is 5.44. The maximum atomic E-state index is 6.15. The van der Waals surface area contributed by atoms with Crippen molar-refractivity contribution in [3.8, 4) is 0 Å². The molecule has 1 atom stereocenters. The minimum Gasteiger partial charge on any atom is -1.00 e. The van der Waals surface area contributed by atoms with Crippen LogP contribution in [0.5, 0.6) is 0 Å². The van der Waals surface area contributed by atoms with Crippen LogP contribution in [0.1, 0.15) is 20.3 Å². The zero-order valence-electron chi connectivity index (χ0n) is 17.0. The van der Waals surface area contributed by atoms with Crippen LogP contribution in [-0.2, 0) is 9.47 Å². The van der Waals surface area contributed by atoms with Gasteiger partial charge in [-0.25, -0.2) is 0 Å². The fraction of sp³-hybridized carbons (Fsp3) is 0.280. The molecule has 2 nitrogen and oxygen atoms in total. The van der Waals surface area contributed by atoms with E-state index in [1.807, 2.05) is 13.8 Å². The summed E-state index contributed by atoms with van der Waals surface area (Å²) < 4.78 is 12.0. The fourth-order valence-electron chi connectivity index (χ4n) is 4.12. The maximum Gasteiger partial charge on any atom is 0.163 e. The average molecular weight is 518 g/mol. The highest BCUT2D eigenvalue weighted by Gasteiger charge is 2.46. The number of rotatable bonds is 6. The first-order chi connectivity index (χ1) is 13.6. The molecular formula is C25H28IO2P. The quantitative estimate of drug-likeness (QED) is 0.364. The van der Waals surface area contributed by atoms with Gasteiger partial charge in [0.2, 0.25) is 0 Å². The fourth-order valence-corrected chi connectivity index (χ4v) is 8.51. The van der Waals surface area contributed by atoms with Gasteiger partial charge in [-0.2, -0.15) is 0 Å². The molecular weight excluding hydrogens is 490 g/mol. The lowest BCUT2D eigenvalue weighted by molar-refractivity contribution is -0.138. The summed E-state index contributed by atoms with van der Waals surface area (Å²) in [5.41, 5.74) is 0. The highest BCUT2D eigenvalue weighted by Crippen LogP contribution is 2.56. The molecule has 1 fully saturated rings. The van der Waals surface area contributed by atoms with Gasteiger partial charge in [-0.3, -0.25) is 0 Å². The lowest BCUT2D eigenvalue weighted by atomic mass is 10.3. The van der Waals surface area contributed by atoms with Gasteiger partial charge in [0.15, 0.2) is 5.79 Å². The van der Waals surface area contributed by atoms with Gasteiger partial charge < -0.3 is 33.5 Å². The summed E-state index contributed by atoms with van der Waals surface area (Å²) in [7, 11) is -1.78. The predicted octanol–water partition coefficient (Wildman–Crippen LogP) is 1.53. The SMILES string of the molecule is CC1(C)OCC(CC[P+](c2ccccc2)(c2ccccc2)c2ccccc2)O1.[I-]. The Morgan fingerprint density at radius 1 is 0.759 bits per heavy atom. The Kier molecular flexibility index (Phi) is 7.50. The molecule has 0 spiro atoms. The standard InChI is InChI=1S/C25H28O2P.HI/c1-25(2)26-20-21(27-25)18-19-28(22-12-6-3-7-13-22,23-14-8-4-9-15-23)24-16-10-5-11-17-24;/h3-17,21H,18-20H2,1-2H3;1H/q+1;/p-1. The molecule has 0 amide bonds. The molecule has 0 saturated carbocycles. The molecule has 0 bridgehead atoms. The van der Waals surface area contributed by atoms with E-state index >= 15 is 0 Å². The van der Waals surface area contributed by atoms with Crippen LogP contribution < -0.4 is 39.9 Å². The van der Waals surface area contributed by atoms with Crippen LogP contribution in [0.2, 0.25) is 0 Å². The molecule has 1 aliphatic heterocycles. The molecule has 3 aromatic rings. The molecule has 0 aromatic heterocycles. The average Bonchev–Trinajstić information content (AvgIpc) is 3.10. The molecule has 0 radical (unpaired) electrons.